The molecule has 1 amide bonds. The number of rotatable bonds is 4. The maximum Gasteiger partial charge on any atom is 0.414 e. The van der Waals surface area contributed by atoms with Crippen molar-refractivity contribution in [2.24, 2.45) is 0 Å². The molecule has 1 aliphatic heterocycles. The second kappa shape index (κ2) is 6.79. The molecule has 0 radical (unpaired) electrons. The number of anilines is 1. The normalized spacial score (nSPS) is 16.6. The summed E-state index contributed by atoms with van der Waals surface area (Å²) < 4.78 is 34.6. The molecule has 0 aliphatic carbocycles. The fourth-order valence-electron chi connectivity index (χ4n) is 1.95. The van der Waals surface area contributed by atoms with E-state index in [-0.39, 0.29) is 12.5 Å². The van der Waals surface area contributed by atoms with E-state index in [0.717, 1.165) is 0 Å². The molecular formula is C10H17BrN5O5S+. The lowest BCUT2D eigenvalue weighted by Crippen LogP contribution is -2.66. The van der Waals surface area contributed by atoms with Crippen LogP contribution in [-0.2, 0) is 14.8 Å². The van der Waals surface area contributed by atoms with Crippen LogP contribution < -0.4 is 15.1 Å². The molecule has 1 fully saturated rings. The smallest absolute Gasteiger partial charge is 0.414 e. The number of halogens is 1. The van der Waals surface area contributed by atoms with Crippen LogP contribution in [-0.4, -0.2) is 63.1 Å². The zero-order valence-electron chi connectivity index (χ0n) is 12.2. The molecule has 0 unspecified atom stereocenters. The Morgan fingerprint density at radius 3 is 2.64 bits per heavy atom. The summed E-state index contributed by atoms with van der Waals surface area (Å²) in [6.07, 6.45) is 0.539. The predicted molar refractivity (Wildman–Crippen MR) is 79.4 cm³/mol. The van der Waals surface area contributed by atoms with Gasteiger partial charge in [0.25, 0.3) is 0 Å². The second-order valence-electron chi connectivity index (χ2n) is 4.54. The lowest BCUT2D eigenvalue weighted by Gasteiger charge is -2.28. The Bertz CT molecular complexity index is 640. The van der Waals surface area contributed by atoms with Gasteiger partial charge in [0.15, 0.2) is 0 Å². The van der Waals surface area contributed by atoms with Crippen molar-refractivity contribution in [2.45, 2.75) is 6.92 Å². The minimum absolute atomic E-state index is 0.115. The molecule has 1 aliphatic rings. The van der Waals surface area contributed by atoms with E-state index in [2.05, 4.69) is 26.5 Å². The van der Waals surface area contributed by atoms with Gasteiger partial charge in [-0.3, -0.25) is 9.84 Å². The maximum atomic E-state index is 11.5. The topological polar surface area (TPSA) is 109 Å². The van der Waals surface area contributed by atoms with Crippen molar-refractivity contribution in [1.29, 1.82) is 0 Å². The van der Waals surface area contributed by atoms with Gasteiger partial charge in [0.2, 0.25) is 15.3 Å². The van der Waals surface area contributed by atoms with Gasteiger partial charge in [-0.05, 0) is 6.92 Å². The minimum Gasteiger partial charge on any atom is -0.450 e. The van der Waals surface area contributed by atoms with Gasteiger partial charge in [0.05, 0.1) is 30.7 Å². The molecule has 1 aromatic heterocycles. The molecule has 0 atom stereocenters. The number of aromatic nitrogens is 2. The highest BCUT2D eigenvalue weighted by molar-refractivity contribution is 9.10. The number of amides is 1. The molecule has 10 nitrogen and oxygen atoms in total. The molecule has 22 heavy (non-hydrogen) atoms. The third-order valence-electron chi connectivity index (χ3n) is 3.02. The Morgan fingerprint density at radius 1 is 1.45 bits per heavy atom. The van der Waals surface area contributed by atoms with Gasteiger partial charge in [0.1, 0.15) is 0 Å². The van der Waals surface area contributed by atoms with E-state index in [9.17, 15) is 13.2 Å². The minimum atomic E-state index is -3.19. The first-order chi connectivity index (χ1) is 10.3. The average molecular weight is 399 g/mol. The van der Waals surface area contributed by atoms with Crippen molar-refractivity contribution in [3.8, 4) is 0 Å². The molecule has 0 spiro atoms. The number of sulfonamides is 1. The molecule has 1 aromatic rings. The number of hydrogen-bond donors (Lipinski definition) is 1. The van der Waals surface area contributed by atoms with Gasteiger partial charge in [0, 0.05) is 29.0 Å². The summed E-state index contributed by atoms with van der Waals surface area (Å²) in [6.45, 7) is 3.53. The van der Waals surface area contributed by atoms with Gasteiger partial charge in [-0.25, -0.2) is 13.2 Å². The van der Waals surface area contributed by atoms with Crippen LogP contribution in [0.3, 0.4) is 0 Å². The van der Waals surface area contributed by atoms with Gasteiger partial charge in [-0.15, -0.1) is 5.01 Å². The van der Waals surface area contributed by atoms with E-state index < -0.39 is 16.1 Å². The summed E-state index contributed by atoms with van der Waals surface area (Å²) in [6, 6.07) is 0. The van der Waals surface area contributed by atoms with Crippen LogP contribution in [0.4, 0.5) is 10.7 Å². The predicted octanol–water partition coefficient (Wildman–Crippen LogP) is -0.494. The first-order valence-corrected chi connectivity index (χ1v) is 9.18. The van der Waals surface area contributed by atoms with Crippen LogP contribution in [0.5, 0.6) is 0 Å². The standard InChI is InChI=1S/C10H16BrN5O5S/c1-3-20-10(17)12-9-8(11)16(13-21-9)14-4-6-15(7-5-14)22(2,18)19/h3-7H2,1-2H3/p+1. The SMILES string of the molecule is CCOC(=O)Nc1on[n+](N2CCN(S(C)(=O)=O)CC2)c1Br. The van der Waals surface area contributed by atoms with Crippen molar-refractivity contribution in [1.82, 2.24) is 9.58 Å². The largest absolute Gasteiger partial charge is 0.450 e. The third kappa shape index (κ3) is 3.87. The Balaban J connectivity index is 2.03. The molecule has 0 bridgehead atoms. The number of nitrogens with zero attached hydrogens (tertiary/aromatic N) is 4. The van der Waals surface area contributed by atoms with Crippen molar-refractivity contribution < 1.29 is 27.3 Å². The fraction of sp³-hybridized carbons (Fsp3) is 0.700. The highest BCUT2D eigenvalue weighted by Crippen LogP contribution is 2.17. The van der Waals surface area contributed by atoms with Crippen LogP contribution in [0, 0.1) is 0 Å². The van der Waals surface area contributed by atoms with Gasteiger partial charge >= 0.3 is 16.6 Å². The van der Waals surface area contributed by atoms with Crippen LogP contribution in [0.2, 0.25) is 0 Å². The van der Waals surface area contributed by atoms with Crippen LogP contribution in [0.1, 0.15) is 6.92 Å². The van der Waals surface area contributed by atoms with Gasteiger partial charge in [-0.1, -0.05) is 0 Å². The molecular weight excluding hydrogens is 382 g/mol. The van der Waals surface area contributed by atoms with Crippen LogP contribution in [0.25, 0.3) is 0 Å². The number of ether oxygens (including phenoxy) is 1. The Hall–Kier alpha value is -1.40. The lowest BCUT2D eigenvalue weighted by molar-refractivity contribution is -0.768. The number of carbonyl (C=O) groups is 1. The summed E-state index contributed by atoms with van der Waals surface area (Å²) >= 11 is 3.28. The second-order valence-corrected chi connectivity index (χ2v) is 7.28. The summed E-state index contributed by atoms with van der Waals surface area (Å²) in [5.41, 5.74) is 0. The summed E-state index contributed by atoms with van der Waals surface area (Å²) in [5.74, 6) is 0.115. The Morgan fingerprint density at radius 2 is 2.09 bits per heavy atom. The average Bonchev–Trinajstić information content (AvgIpc) is 2.80. The van der Waals surface area contributed by atoms with E-state index in [1.165, 1.54) is 15.4 Å². The Labute approximate surface area is 136 Å². The number of carbonyl (C=O) groups excluding carboxylic acids is 1. The highest BCUT2D eigenvalue weighted by Gasteiger charge is 2.34. The zero-order valence-corrected chi connectivity index (χ0v) is 14.6. The maximum absolute atomic E-state index is 11.5. The van der Waals surface area contributed by atoms with E-state index in [4.69, 9.17) is 9.26 Å². The lowest BCUT2D eigenvalue weighted by atomic mass is 10.4. The van der Waals surface area contributed by atoms with E-state index in [1.807, 2.05) is 0 Å². The fourth-order valence-corrected chi connectivity index (χ4v) is 3.24. The first kappa shape index (κ1) is 17.0. The zero-order chi connectivity index (χ0) is 16.3. The van der Waals surface area contributed by atoms with E-state index >= 15 is 0 Å². The molecule has 1 N–H and O–H groups in total. The monoisotopic (exact) mass is 398 g/mol. The molecule has 1 saturated heterocycles. The molecule has 0 aromatic carbocycles. The van der Waals surface area contributed by atoms with Crippen molar-refractivity contribution in [3.63, 3.8) is 0 Å². The van der Waals surface area contributed by atoms with Gasteiger partial charge < -0.3 is 4.74 Å². The third-order valence-corrected chi connectivity index (χ3v) is 5.00. The van der Waals surface area contributed by atoms with E-state index in [0.29, 0.717) is 30.8 Å². The molecule has 2 rings (SSSR count). The molecule has 2 heterocycles. The summed E-state index contributed by atoms with van der Waals surface area (Å²) in [4.78, 5) is 12.8. The van der Waals surface area contributed by atoms with Crippen molar-refractivity contribution >= 4 is 37.9 Å². The van der Waals surface area contributed by atoms with Crippen LogP contribution >= 0.6 is 15.9 Å². The Kier molecular flexibility index (Phi) is 5.24. The molecule has 12 heteroatoms. The number of hydrogen-bond acceptors (Lipinski definition) is 7. The molecule has 124 valence electrons. The first-order valence-electron chi connectivity index (χ1n) is 6.54. The highest BCUT2D eigenvalue weighted by atomic mass is 79.9. The van der Waals surface area contributed by atoms with Crippen LogP contribution in [0.15, 0.2) is 9.13 Å². The van der Waals surface area contributed by atoms with Crippen molar-refractivity contribution in [2.75, 3.05) is 49.4 Å². The van der Waals surface area contributed by atoms with Gasteiger partial charge in [-0.2, -0.15) is 4.31 Å². The number of piperazine rings is 1. The quantitative estimate of drug-likeness (QED) is 0.681. The van der Waals surface area contributed by atoms with Crippen molar-refractivity contribution in [3.05, 3.63) is 4.60 Å². The number of nitrogens with one attached hydrogen (secondary N) is 1. The summed E-state index contributed by atoms with van der Waals surface area (Å²) in [7, 11) is -3.19. The summed E-state index contributed by atoms with van der Waals surface area (Å²) in [5, 5.41) is 8.03. The van der Waals surface area contributed by atoms with E-state index in [1.54, 1.807) is 11.9 Å². The molecule has 0 saturated carbocycles.